The number of hydrogen-bond acceptors (Lipinski definition) is 3. The summed E-state index contributed by atoms with van der Waals surface area (Å²) in [6.45, 7) is 6.82. The summed E-state index contributed by atoms with van der Waals surface area (Å²) in [4.78, 5) is 0. The molecule has 108 valence electrons. The van der Waals surface area contributed by atoms with E-state index in [1.54, 1.807) is 0 Å². The maximum absolute atomic E-state index is 5.53. The summed E-state index contributed by atoms with van der Waals surface area (Å²) in [5.41, 5.74) is 2.73. The fraction of sp³-hybridized carbons (Fsp3) is 0.529. The van der Waals surface area contributed by atoms with Gasteiger partial charge in [0.1, 0.15) is 0 Å². The standard InChI is InChI=1S/C17H23NO2/c1-12-6-13(2)8-14(7-12)9-18-10-15-4-3-5-16-17(15)20-11-19-16/h3-6,12,14,18H,7-11H2,1-2H3. The molecule has 0 saturated carbocycles. The molecule has 20 heavy (non-hydrogen) atoms. The molecule has 0 bridgehead atoms. The molecular weight excluding hydrogens is 250 g/mol. The highest BCUT2D eigenvalue weighted by molar-refractivity contribution is 5.48. The summed E-state index contributed by atoms with van der Waals surface area (Å²) in [5, 5.41) is 3.58. The summed E-state index contributed by atoms with van der Waals surface area (Å²) in [6, 6.07) is 6.10. The summed E-state index contributed by atoms with van der Waals surface area (Å²) in [6.07, 6.45) is 4.92. The Morgan fingerprint density at radius 2 is 2.20 bits per heavy atom. The molecule has 1 aliphatic heterocycles. The lowest BCUT2D eigenvalue weighted by atomic mass is 9.84. The Hall–Kier alpha value is -1.48. The third-order valence-corrected chi connectivity index (χ3v) is 4.11. The summed E-state index contributed by atoms with van der Waals surface area (Å²) in [7, 11) is 0. The van der Waals surface area contributed by atoms with Gasteiger partial charge in [-0.25, -0.2) is 0 Å². The Morgan fingerprint density at radius 3 is 3.05 bits per heavy atom. The normalized spacial score (nSPS) is 24.6. The minimum atomic E-state index is 0.344. The molecule has 1 N–H and O–H groups in total. The van der Waals surface area contributed by atoms with Gasteiger partial charge >= 0.3 is 0 Å². The minimum Gasteiger partial charge on any atom is -0.454 e. The highest BCUT2D eigenvalue weighted by atomic mass is 16.7. The van der Waals surface area contributed by atoms with Crippen molar-refractivity contribution in [1.29, 1.82) is 0 Å². The first-order valence-electron chi connectivity index (χ1n) is 7.48. The average molecular weight is 273 g/mol. The third-order valence-electron chi connectivity index (χ3n) is 4.11. The second-order valence-corrected chi connectivity index (χ2v) is 6.08. The van der Waals surface area contributed by atoms with E-state index in [1.165, 1.54) is 24.0 Å². The van der Waals surface area contributed by atoms with Gasteiger partial charge in [-0.15, -0.1) is 0 Å². The van der Waals surface area contributed by atoms with Gasteiger partial charge in [-0.2, -0.15) is 0 Å². The van der Waals surface area contributed by atoms with Crippen LogP contribution in [-0.4, -0.2) is 13.3 Å². The number of nitrogens with one attached hydrogen (secondary N) is 1. The van der Waals surface area contributed by atoms with Crippen LogP contribution < -0.4 is 14.8 Å². The zero-order valence-electron chi connectivity index (χ0n) is 12.3. The maximum Gasteiger partial charge on any atom is 0.231 e. The molecule has 1 aliphatic carbocycles. The van der Waals surface area contributed by atoms with Gasteiger partial charge in [-0.1, -0.05) is 30.7 Å². The minimum absolute atomic E-state index is 0.344. The Kier molecular flexibility index (Phi) is 3.97. The summed E-state index contributed by atoms with van der Waals surface area (Å²) in [5.74, 6) is 3.25. The lowest BCUT2D eigenvalue weighted by Gasteiger charge is -2.25. The van der Waals surface area contributed by atoms with Crippen LogP contribution >= 0.6 is 0 Å². The van der Waals surface area contributed by atoms with Crippen LogP contribution in [-0.2, 0) is 6.54 Å². The molecule has 3 rings (SSSR count). The number of hydrogen-bond donors (Lipinski definition) is 1. The number of rotatable bonds is 4. The van der Waals surface area contributed by atoms with E-state index in [9.17, 15) is 0 Å². The first-order valence-corrected chi connectivity index (χ1v) is 7.48. The van der Waals surface area contributed by atoms with E-state index in [0.29, 0.717) is 12.7 Å². The molecule has 1 aromatic carbocycles. The van der Waals surface area contributed by atoms with E-state index in [1.807, 2.05) is 12.1 Å². The van der Waals surface area contributed by atoms with Gasteiger partial charge in [0.2, 0.25) is 6.79 Å². The Labute approximate surface area is 121 Å². The third kappa shape index (κ3) is 2.98. The number of para-hydroxylation sites is 1. The first kappa shape index (κ1) is 13.5. The zero-order valence-corrected chi connectivity index (χ0v) is 12.3. The molecule has 0 amide bonds. The van der Waals surface area contributed by atoms with Gasteiger partial charge in [-0.3, -0.25) is 0 Å². The molecule has 2 atom stereocenters. The van der Waals surface area contributed by atoms with Crippen LogP contribution in [0.5, 0.6) is 11.5 Å². The lowest BCUT2D eigenvalue weighted by molar-refractivity contribution is 0.173. The molecule has 0 radical (unpaired) electrons. The number of allylic oxidation sites excluding steroid dienone is 2. The van der Waals surface area contributed by atoms with Crippen molar-refractivity contribution in [3.05, 3.63) is 35.4 Å². The first-order chi connectivity index (χ1) is 9.72. The van der Waals surface area contributed by atoms with Crippen molar-refractivity contribution >= 4 is 0 Å². The molecule has 1 aromatic rings. The second-order valence-electron chi connectivity index (χ2n) is 6.08. The number of benzene rings is 1. The smallest absolute Gasteiger partial charge is 0.231 e. The average Bonchev–Trinajstić information content (AvgIpc) is 2.86. The van der Waals surface area contributed by atoms with E-state index >= 15 is 0 Å². The molecule has 0 spiro atoms. The van der Waals surface area contributed by atoms with E-state index in [2.05, 4.69) is 31.3 Å². The molecule has 3 nitrogen and oxygen atoms in total. The fourth-order valence-electron chi connectivity index (χ4n) is 3.38. The number of fused-ring (bicyclic) bond motifs is 1. The van der Waals surface area contributed by atoms with Crippen molar-refractivity contribution in [2.24, 2.45) is 11.8 Å². The highest BCUT2D eigenvalue weighted by Crippen LogP contribution is 2.35. The van der Waals surface area contributed by atoms with Gasteiger partial charge < -0.3 is 14.8 Å². The molecule has 3 heteroatoms. The predicted molar refractivity (Wildman–Crippen MR) is 79.9 cm³/mol. The van der Waals surface area contributed by atoms with Crippen LogP contribution in [0.4, 0.5) is 0 Å². The zero-order chi connectivity index (χ0) is 13.9. The molecule has 0 saturated heterocycles. The van der Waals surface area contributed by atoms with E-state index in [4.69, 9.17) is 9.47 Å². The van der Waals surface area contributed by atoms with E-state index in [0.717, 1.165) is 30.5 Å². The molecule has 2 aliphatic rings. The monoisotopic (exact) mass is 273 g/mol. The quantitative estimate of drug-likeness (QED) is 0.852. The second kappa shape index (κ2) is 5.88. The fourth-order valence-corrected chi connectivity index (χ4v) is 3.38. The van der Waals surface area contributed by atoms with Crippen LogP contribution in [0.25, 0.3) is 0 Å². The van der Waals surface area contributed by atoms with Crippen LogP contribution in [0, 0.1) is 11.8 Å². The van der Waals surface area contributed by atoms with Crippen molar-refractivity contribution in [2.45, 2.75) is 33.2 Å². The Balaban J connectivity index is 1.54. The highest BCUT2D eigenvalue weighted by Gasteiger charge is 2.19. The van der Waals surface area contributed by atoms with Crippen LogP contribution in [0.15, 0.2) is 29.8 Å². The molecular formula is C17H23NO2. The van der Waals surface area contributed by atoms with Gasteiger partial charge in [-0.05, 0) is 44.2 Å². The van der Waals surface area contributed by atoms with Crippen molar-refractivity contribution in [3.63, 3.8) is 0 Å². The van der Waals surface area contributed by atoms with E-state index < -0.39 is 0 Å². The van der Waals surface area contributed by atoms with Gasteiger partial charge in [0.15, 0.2) is 11.5 Å². The van der Waals surface area contributed by atoms with Crippen molar-refractivity contribution < 1.29 is 9.47 Å². The molecule has 0 aromatic heterocycles. The number of ether oxygens (including phenoxy) is 2. The molecule has 0 fully saturated rings. The van der Waals surface area contributed by atoms with Crippen molar-refractivity contribution in [2.75, 3.05) is 13.3 Å². The van der Waals surface area contributed by atoms with Crippen LogP contribution in [0.2, 0.25) is 0 Å². The van der Waals surface area contributed by atoms with Crippen LogP contribution in [0.1, 0.15) is 32.3 Å². The lowest BCUT2D eigenvalue weighted by Crippen LogP contribution is -2.26. The largest absolute Gasteiger partial charge is 0.454 e. The van der Waals surface area contributed by atoms with Gasteiger partial charge in [0.05, 0.1) is 0 Å². The van der Waals surface area contributed by atoms with E-state index in [-0.39, 0.29) is 0 Å². The molecule has 2 unspecified atom stereocenters. The summed E-state index contributed by atoms with van der Waals surface area (Å²) >= 11 is 0. The Bertz CT molecular complexity index is 510. The summed E-state index contributed by atoms with van der Waals surface area (Å²) < 4.78 is 10.9. The Morgan fingerprint density at radius 1 is 1.30 bits per heavy atom. The van der Waals surface area contributed by atoms with Crippen molar-refractivity contribution in [3.8, 4) is 11.5 Å². The maximum atomic E-state index is 5.53. The predicted octanol–water partition coefficient (Wildman–Crippen LogP) is 3.50. The van der Waals surface area contributed by atoms with Gasteiger partial charge in [0.25, 0.3) is 0 Å². The van der Waals surface area contributed by atoms with Crippen molar-refractivity contribution in [1.82, 2.24) is 5.32 Å². The molecule has 1 heterocycles. The topological polar surface area (TPSA) is 30.5 Å². The van der Waals surface area contributed by atoms with Gasteiger partial charge in [0, 0.05) is 12.1 Å². The van der Waals surface area contributed by atoms with Crippen LogP contribution in [0.3, 0.4) is 0 Å². The SMILES string of the molecule is CC1=CC(C)CC(CNCc2cccc3c2OCO3)C1.